The van der Waals surface area contributed by atoms with Crippen molar-refractivity contribution in [2.24, 2.45) is 16.7 Å². The first kappa shape index (κ1) is 65.6. The monoisotopic (exact) mass is 1170 g/mol. The fraction of sp³-hybridized carbons (Fsp3) is 0.631. The third-order valence-corrected chi connectivity index (χ3v) is 17.4. The molecule has 7 rings (SSSR count). The normalized spacial score (nSPS) is 29.7. The van der Waals surface area contributed by atoms with Crippen LogP contribution in [0.3, 0.4) is 0 Å². The average Bonchev–Trinajstić information content (AvgIpc) is 0.713. The van der Waals surface area contributed by atoms with Crippen molar-refractivity contribution in [1.82, 2.24) is 5.32 Å². The molecule has 5 aliphatic rings. The molecule has 2 bridgehead atoms. The van der Waals surface area contributed by atoms with E-state index in [2.05, 4.69) is 36.5 Å². The molecule has 0 aromatic heterocycles. The molecule has 2 saturated heterocycles. The summed E-state index contributed by atoms with van der Waals surface area (Å²) in [5.41, 5.74) is -8.77. The summed E-state index contributed by atoms with van der Waals surface area (Å²) in [6, 6.07) is 14.4. The van der Waals surface area contributed by atoms with Gasteiger partial charge in [-0.15, -0.1) is 0 Å². The number of rotatable bonds is 25. The number of allylic oxidation sites excluding steroid dienone is 4. The van der Waals surface area contributed by atoms with Crippen molar-refractivity contribution in [2.75, 3.05) is 19.8 Å². The van der Waals surface area contributed by atoms with Gasteiger partial charge in [0.2, 0.25) is 6.10 Å². The van der Waals surface area contributed by atoms with E-state index in [1.54, 1.807) is 69.3 Å². The number of amides is 1. The van der Waals surface area contributed by atoms with Crippen LogP contribution in [-0.2, 0) is 57.0 Å². The van der Waals surface area contributed by atoms with Crippen LogP contribution in [0.1, 0.15) is 174 Å². The lowest BCUT2D eigenvalue weighted by molar-refractivity contribution is -0.346. The number of alkyl carbamates (subject to hydrolysis) is 1. The minimum atomic E-state index is -2.46. The third-order valence-electron chi connectivity index (χ3n) is 17.4. The summed E-state index contributed by atoms with van der Waals surface area (Å²) in [6.07, 6.45) is 7.13. The van der Waals surface area contributed by atoms with Crippen molar-refractivity contribution in [3.8, 4) is 0 Å². The van der Waals surface area contributed by atoms with Gasteiger partial charge < -0.3 is 63.3 Å². The molecule has 3 aliphatic carbocycles. The minimum absolute atomic E-state index is 0.0508. The summed E-state index contributed by atoms with van der Waals surface area (Å²) in [6.45, 7) is 13.7. The van der Waals surface area contributed by atoms with Crippen LogP contribution < -0.4 is 5.32 Å². The number of unbranched alkanes of at least 4 members (excludes halogenated alkanes) is 8. The van der Waals surface area contributed by atoms with Crippen molar-refractivity contribution in [1.29, 1.82) is 0 Å². The van der Waals surface area contributed by atoms with Gasteiger partial charge in [0, 0.05) is 25.2 Å². The van der Waals surface area contributed by atoms with Crippen molar-refractivity contribution in [2.45, 2.75) is 224 Å². The van der Waals surface area contributed by atoms with Gasteiger partial charge in [0.25, 0.3) is 0 Å². The standard InChI is InChI=1S/C65H89NO18/c1-10-11-12-13-14-15-16-17-18-19-20-21-22-23-30-35-49-76-38-45(79-49)39-77-60(74)81-53(51(43-31-26-24-27-32-43)66-59(73)84-61(4,5)6)58(72)80-46-37-65(75)56(82-57(71)44-33-28-25-29-34-44)54-63(9,55(70)52(69)50(41(46)2)62(65,7)8)47(68)36-48-64(54,40-78-48)83-42(3)67/h13-14,16-17,24-29,31-34,45-49,51-54,56,68-69,75H,10-12,15,18-23,30,35-40H2,1-9H3,(H,66,73)/b14-13-,17-16-/t45?,46-,47-,48+,49?,51-,52+,53+,54-,56-,63+,64-,65+/m0/s1. The number of aliphatic hydroxyl groups excluding tert-OH is 2. The van der Waals surface area contributed by atoms with E-state index in [-0.39, 0.29) is 48.5 Å². The molecule has 2 aromatic carbocycles. The Morgan fingerprint density at radius 3 is 2.12 bits per heavy atom. The highest BCUT2D eigenvalue weighted by molar-refractivity contribution is 5.94. The van der Waals surface area contributed by atoms with Gasteiger partial charge in [-0.3, -0.25) is 9.59 Å². The van der Waals surface area contributed by atoms with Crippen LogP contribution in [0.5, 0.6) is 0 Å². The minimum Gasteiger partial charge on any atom is -0.455 e. The van der Waals surface area contributed by atoms with E-state index in [0.717, 1.165) is 64.7 Å². The average molecular weight is 1170 g/mol. The number of hydrogen-bond acceptors (Lipinski definition) is 18. The van der Waals surface area contributed by atoms with E-state index >= 15 is 9.59 Å². The van der Waals surface area contributed by atoms with Gasteiger partial charge in [0.1, 0.15) is 54.4 Å². The van der Waals surface area contributed by atoms with Crippen molar-refractivity contribution >= 4 is 35.9 Å². The Labute approximate surface area is 494 Å². The maximum absolute atomic E-state index is 15.3. The fourth-order valence-electron chi connectivity index (χ4n) is 12.8. The van der Waals surface area contributed by atoms with Crippen molar-refractivity contribution in [3.05, 3.63) is 107 Å². The first-order valence-corrected chi connectivity index (χ1v) is 29.9. The lowest BCUT2D eigenvalue weighted by Gasteiger charge is -2.67. The molecule has 4 fully saturated rings. The van der Waals surface area contributed by atoms with Gasteiger partial charge in [-0.25, -0.2) is 19.2 Å². The maximum Gasteiger partial charge on any atom is 0.509 e. The molecule has 2 heterocycles. The first-order chi connectivity index (χ1) is 39.9. The Morgan fingerprint density at radius 1 is 0.845 bits per heavy atom. The molecule has 2 aliphatic heterocycles. The van der Waals surface area contributed by atoms with Gasteiger partial charge in [0.05, 0.1) is 36.2 Å². The number of Topliss-reactive ketones (excluding diaryl/α,β-unsaturated/α-hetero) is 1. The van der Waals surface area contributed by atoms with Gasteiger partial charge in [0.15, 0.2) is 17.7 Å². The number of carbonyl (C=O) groups excluding carboxylic acids is 6. The Morgan fingerprint density at radius 2 is 1.49 bits per heavy atom. The van der Waals surface area contributed by atoms with E-state index in [4.69, 9.17) is 42.6 Å². The zero-order valence-electron chi connectivity index (χ0n) is 50.3. The van der Waals surface area contributed by atoms with Crippen LogP contribution in [0.25, 0.3) is 0 Å². The Bertz CT molecular complexity index is 2680. The molecule has 0 radical (unpaired) electrons. The lowest BCUT2D eigenvalue weighted by atomic mass is 9.44. The number of nitrogens with one attached hydrogen (secondary N) is 1. The van der Waals surface area contributed by atoms with Crippen LogP contribution in [0.2, 0.25) is 0 Å². The quantitative estimate of drug-likeness (QED) is 0.0312. The largest absolute Gasteiger partial charge is 0.509 e. The molecule has 462 valence electrons. The lowest BCUT2D eigenvalue weighted by Crippen LogP contribution is -2.81. The van der Waals surface area contributed by atoms with Crippen molar-refractivity contribution < 1.29 is 86.7 Å². The number of ketones is 1. The van der Waals surface area contributed by atoms with E-state index in [1.807, 2.05) is 0 Å². The predicted octanol–water partition coefficient (Wildman–Crippen LogP) is 9.98. The SMILES string of the molecule is CCCC/C=C\C/C=C\CCCCCCCCC1OCC(COC(=O)O[C@@H](C(=O)O[C@H]2C[C@@]3(O)[C@@H](OC(=O)c4ccccc4)[C@@H]4[C@]5(OC(C)=O)CO[C@@H]5C[C@H](O)[C@@]4(C)C(=O)[C@H](O)C(=C2C)C3(C)C)[C@@H](NC(=O)OC(C)(C)C)c2ccccc2)O1. The number of esters is 3. The van der Waals surface area contributed by atoms with E-state index < -0.39 is 131 Å². The summed E-state index contributed by atoms with van der Waals surface area (Å²) >= 11 is 0. The first-order valence-electron chi connectivity index (χ1n) is 29.9. The van der Waals surface area contributed by atoms with Gasteiger partial charge in [-0.1, -0.05) is 132 Å². The second-order valence-electron chi connectivity index (χ2n) is 24.8. The smallest absolute Gasteiger partial charge is 0.455 e. The highest BCUT2D eigenvalue weighted by Crippen LogP contribution is 2.64. The highest BCUT2D eigenvalue weighted by Gasteiger charge is 2.78. The third kappa shape index (κ3) is 15.0. The summed E-state index contributed by atoms with van der Waals surface area (Å²) < 4.78 is 53.8. The summed E-state index contributed by atoms with van der Waals surface area (Å²) in [5, 5.41) is 41.1. The van der Waals surface area contributed by atoms with E-state index in [9.17, 15) is 34.5 Å². The van der Waals surface area contributed by atoms with Gasteiger partial charge in [-0.2, -0.15) is 0 Å². The van der Waals surface area contributed by atoms with E-state index in [0.29, 0.717) is 6.42 Å². The Hall–Kier alpha value is -5.96. The van der Waals surface area contributed by atoms with Crippen LogP contribution in [0.15, 0.2) is 96.1 Å². The topological polar surface area (TPSA) is 258 Å². The second-order valence-corrected chi connectivity index (χ2v) is 24.8. The molecule has 19 nitrogen and oxygen atoms in total. The maximum atomic E-state index is 15.3. The van der Waals surface area contributed by atoms with Gasteiger partial charge in [-0.05, 0) is 102 Å². The zero-order valence-corrected chi connectivity index (χ0v) is 50.3. The highest BCUT2D eigenvalue weighted by atomic mass is 16.8. The molecule has 2 saturated carbocycles. The fourth-order valence-corrected chi connectivity index (χ4v) is 12.8. The summed E-state index contributed by atoms with van der Waals surface area (Å²) in [5.74, 6) is -5.57. The number of hydrogen-bond donors (Lipinski definition) is 4. The second kappa shape index (κ2) is 28.5. The molecular weight excluding hydrogens is 1080 g/mol. The predicted molar refractivity (Wildman–Crippen MR) is 308 cm³/mol. The molecule has 2 unspecified atom stereocenters. The van der Waals surface area contributed by atoms with E-state index in [1.165, 1.54) is 52.7 Å². The van der Waals surface area contributed by atoms with Crippen molar-refractivity contribution in [3.63, 3.8) is 0 Å². The molecule has 2 aromatic rings. The zero-order chi connectivity index (χ0) is 61.0. The molecular formula is C65H89NO18. The van der Waals surface area contributed by atoms with Crippen LogP contribution in [0.4, 0.5) is 9.59 Å². The van der Waals surface area contributed by atoms with Gasteiger partial charge >= 0.3 is 30.2 Å². The molecule has 0 spiro atoms. The van der Waals surface area contributed by atoms with Crippen LogP contribution in [-0.4, -0.2) is 137 Å². The summed E-state index contributed by atoms with van der Waals surface area (Å²) in [7, 11) is 0. The molecule has 1 amide bonds. The molecule has 19 heteroatoms. The number of benzene rings is 2. The number of carbonyl (C=O) groups is 6. The number of ether oxygens (including phenoxy) is 9. The Kier molecular flexibility index (Phi) is 22.2. The molecule has 13 atom stereocenters. The molecule has 4 N–H and O–H groups in total. The number of fused-ring (bicyclic) bond motifs is 5. The summed E-state index contributed by atoms with van der Waals surface area (Å²) in [4.78, 5) is 85.8. The van der Waals surface area contributed by atoms with Crippen LogP contribution >= 0.6 is 0 Å². The Balaban J connectivity index is 1.12. The number of aliphatic hydroxyl groups is 3. The molecule has 84 heavy (non-hydrogen) atoms. The van der Waals surface area contributed by atoms with Crippen LogP contribution in [0, 0.1) is 16.7 Å².